The van der Waals surface area contributed by atoms with Gasteiger partial charge in [0.25, 0.3) is 5.91 Å². The van der Waals surface area contributed by atoms with Gasteiger partial charge >= 0.3 is 0 Å². The molecule has 1 fully saturated rings. The molecule has 0 saturated heterocycles. The van der Waals surface area contributed by atoms with Crippen LogP contribution in [0.2, 0.25) is 0 Å². The molecule has 33 heavy (non-hydrogen) atoms. The maximum absolute atomic E-state index is 12.9. The number of rotatable bonds is 8. The van der Waals surface area contributed by atoms with Crippen molar-refractivity contribution in [3.8, 4) is 0 Å². The van der Waals surface area contributed by atoms with Crippen molar-refractivity contribution in [1.82, 2.24) is 4.90 Å². The van der Waals surface area contributed by atoms with Gasteiger partial charge < -0.3 is 9.80 Å². The van der Waals surface area contributed by atoms with Gasteiger partial charge in [-0.1, -0.05) is 24.3 Å². The van der Waals surface area contributed by atoms with Gasteiger partial charge in [0.05, 0.1) is 11.6 Å². The zero-order valence-electron chi connectivity index (χ0n) is 19.8. The molecule has 4 rings (SSSR count). The van der Waals surface area contributed by atoms with E-state index in [1.54, 1.807) is 16.2 Å². The number of carbonyl (C=O) groups excluding carboxylic acids is 3. The van der Waals surface area contributed by atoms with Gasteiger partial charge in [-0.3, -0.25) is 14.4 Å². The highest BCUT2D eigenvalue weighted by atomic mass is 32.1. The second-order valence-corrected chi connectivity index (χ2v) is 10.4. The topological polar surface area (TPSA) is 57.7 Å². The van der Waals surface area contributed by atoms with Gasteiger partial charge in [0.2, 0.25) is 0 Å². The monoisotopic (exact) mass is 464 g/mol. The zero-order chi connectivity index (χ0) is 23.7. The summed E-state index contributed by atoms with van der Waals surface area (Å²) in [6.07, 6.45) is 4.24. The summed E-state index contributed by atoms with van der Waals surface area (Å²) in [5.41, 5.74) is 6.28. The number of amides is 1. The molecule has 1 aromatic heterocycles. The van der Waals surface area contributed by atoms with Gasteiger partial charge in [-0.2, -0.15) is 0 Å². The summed E-state index contributed by atoms with van der Waals surface area (Å²) in [6, 6.07) is 6.04. The van der Waals surface area contributed by atoms with Crippen molar-refractivity contribution in [2.75, 3.05) is 19.0 Å². The Morgan fingerprint density at radius 2 is 1.97 bits per heavy atom. The summed E-state index contributed by atoms with van der Waals surface area (Å²) >= 11 is 1.56. The number of Topliss-reactive ketones (excluding diaryl/α,β-unsaturated/α-hetero) is 2. The predicted molar refractivity (Wildman–Crippen MR) is 133 cm³/mol. The van der Waals surface area contributed by atoms with E-state index in [9.17, 15) is 14.4 Å². The summed E-state index contributed by atoms with van der Waals surface area (Å²) in [5.74, 6) is 0.297. The summed E-state index contributed by atoms with van der Waals surface area (Å²) in [7, 11) is 4.06. The molecular formula is C27H32N2O3S. The number of ketones is 2. The fourth-order valence-corrected chi connectivity index (χ4v) is 5.91. The average molecular weight is 465 g/mol. The Kier molecular flexibility index (Phi) is 6.84. The Morgan fingerprint density at radius 1 is 1.21 bits per heavy atom. The molecule has 2 aliphatic rings. The zero-order valence-corrected chi connectivity index (χ0v) is 20.6. The van der Waals surface area contributed by atoms with Crippen LogP contribution in [0, 0.1) is 6.92 Å². The van der Waals surface area contributed by atoms with Crippen molar-refractivity contribution in [3.05, 3.63) is 62.9 Å². The molecule has 1 aliphatic heterocycles. The minimum absolute atomic E-state index is 0.0410. The van der Waals surface area contributed by atoms with E-state index in [0.29, 0.717) is 38.6 Å². The minimum Gasteiger partial charge on any atom is -0.377 e. The molecule has 1 atom stereocenters. The molecule has 1 aromatic carbocycles. The lowest BCUT2D eigenvalue weighted by Gasteiger charge is -2.30. The van der Waals surface area contributed by atoms with E-state index < -0.39 is 0 Å². The lowest BCUT2D eigenvalue weighted by Crippen LogP contribution is -2.43. The van der Waals surface area contributed by atoms with Crippen molar-refractivity contribution in [2.45, 2.75) is 64.5 Å². The van der Waals surface area contributed by atoms with Gasteiger partial charge in [-0.25, -0.2) is 0 Å². The van der Waals surface area contributed by atoms with E-state index >= 15 is 0 Å². The fraction of sp³-hybridized carbons (Fsp3) is 0.444. The van der Waals surface area contributed by atoms with Crippen LogP contribution >= 0.6 is 11.3 Å². The van der Waals surface area contributed by atoms with Crippen molar-refractivity contribution >= 4 is 34.5 Å². The molecular weight excluding hydrogens is 432 g/mol. The molecule has 2 aromatic rings. The van der Waals surface area contributed by atoms with Gasteiger partial charge in [0.1, 0.15) is 5.78 Å². The van der Waals surface area contributed by atoms with Crippen molar-refractivity contribution in [1.29, 1.82) is 0 Å². The number of nitrogens with zero attached hydrogens (tertiary/aromatic N) is 2. The van der Waals surface area contributed by atoms with Gasteiger partial charge in [-0.05, 0) is 55.4 Å². The Balaban J connectivity index is 1.33. The van der Waals surface area contributed by atoms with Crippen molar-refractivity contribution < 1.29 is 14.4 Å². The van der Waals surface area contributed by atoms with E-state index in [1.807, 2.05) is 19.5 Å². The van der Waals surface area contributed by atoms with Crippen LogP contribution in [0.25, 0.3) is 0 Å². The van der Waals surface area contributed by atoms with E-state index in [0.717, 1.165) is 34.4 Å². The highest BCUT2D eigenvalue weighted by molar-refractivity contribution is 7.10. The van der Waals surface area contributed by atoms with Crippen LogP contribution in [0.3, 0.4) is 0 Å². The van der Waals surface area contributed by atoms with E-state index in [4.69, 9.17) is 0 Å². The molecule has 2 heterocycles. The lowest BCUT2D eigenvalue weighted by molar-refractivity contribution is -0.124. The molecule has 5 nitrogen and oxygen atoms in total. The number of allylic oxidation sites excluding steroid dienone is 1. The van der Waals surface area contributed by atoms with Crippen LogP contribution in [0.5, 0.6) is 0 Å². The number of hydrogen-bond donors (Lipinski definition) is 0. The molecule has 0 bridgehead atoms. The Morgan fingerprint density at radius 3 is 2.70 bits per heavy atom. The van der Waals surface area contributed by atoms with Gasteiger partial charge in [-0.15, -0.1) is 11.3 Å². The molecule has 1 saturated carbocycles. The largest absolute Gasteiger partial charge is 0.377 e. The number of carbonyl (C=O) groups is 3. The first-order valence-electron chi connectivity index (χ1n) is 11.6. The third kappa shape index (κ3) is 4.96. The van der Waals surface area contributed by atoms with E-state index in [1.165, 1.54) is 16.8 Å². The molecule has 0 spiro atoms. The molecule has 1 amide bonds. The smallest absolute Gasteiger partial charge is 0.255 e. The highest BCUT2D eigenvalue weighted by Gasteiger charge is 2.39. The third-order valence-electron chi connectivity index (χ3n) is 6.82. The molecule has 174 valence electrons. The molecule has 0 radical (unpaired) electrons. The number of fused-ring (bicyclic) bond motifs is 1. The van der Waals surface area contributed by atoms with Crippen LogP contribution < -0.4 is 4.90 Å². The second kappa shape index (κ2) is 9.64. The quantitative estimate of drug-likeness (QED) is 0.522. The number of benzene rings is 1. The first-order chi connectivity index (χ1) is 15.7. The minimum atomic E-state index is -0.337. The van der Waals surface area contributed by atoms with Gasteiger partial charge in [0.15, 0.2) is 5.78 Å². The highest BCUT2D eigenvalue weighted by Crippen LogP contribution is 2.36. The summed E-state index contributed by atoms with van der Waals surface area (Å²) in [4.78, 5) is 42.9. The number of hydrogen-bond acceptors (Lipinski definition) is 5. The summed E-state index contributed by atoms with van der Waals surface area (Å²) in [6.45, 7) is 6.50. The van der Waals surface area contributed by atoms with Crippen LogP contribution in [-0.2, 0) is 29.0 Å². The van der Waals surface area contributed by atoms with E-state index in [2.05, 4.69) is 36.6 Å². The van der Waals surface area contributed by atoms with Crippen LogP contribution in [0.4, 0.5) is 5.69 Å². The van der Waals surface area contributed by atoms with Crippen LogP contribution in [0.1, 0.15) is 64.0 Å². The summed E-state index contributed by atoms with van der Waals surface area (Å²) in [5, 5.41) is 1.90. The maximum atomic E-state index is 12.9. The van der Waals surface area contributed by atoms with Crippen molar-refractivity contribution in [3.63, 3.8) is 0 Å². The fourth-order valence-electron chi connectivity index (χ4n) is 4.87. The average Bonchev–Trinajstić information content (AvgIpc) is 3.31. The SMILES string of the molecule is C=C1CCC(N2Cc3c(csc3CCC(=O)CCc3ccc(C)c(N(C)C)c3)C2=O)C(=O)C1. The number of anilines is 1. The Labute approximate surface area is 200 Å². The number of aryl methyl sites for hydroxylation is 3. The first-order valence-corrected chi connectivity index (χ1v) is 12.5. The maximum Gasteiger partial charge on any atom is 0.255 e. The van der Waals surface area contributed by atoms with E-state index in [-0.39, 0.29) is 23.5 Å². The molecule has 6 heteroatoms. The van der Waals surface area contributed by atoms with Crippen molar-refractivity contribution in [2.24, 2.45) is 0 Å². The van der Waals surface area contributed by atoms with Crippen LogP contribution in [0.15, 0.2) is 35.7 Å². The predicted octanol–water partition coefficient (Wildman–Crippen LogP) is 4.89. The normalized spacial score (nSPS) is 18.1. The Bertz CT molecular complexity index is 1110. The second-order valence-electron chi connectivity index (χ2n) is 9.49. The molecule has 1 aliphatic carbocycles. The third-order valence-corrected chi connectivity index (χ3v) is 7.91. The number of thiophene rings is 1. The summed E-state index contributed by atoms with van der Waals surface area (Å²) < 4.78 is 0. The Hall–Kier alpha value is -2.73. The standard InChI is InChI=1S/C27H32N2O3S/c1-17-5-11-23(25(31)13-17)29-15-21-22(27(29)32)16-33-26(21)12-10-20(30)9-8-19-7-6-18(2)24(14-19)28(3)4/h6-7,14,16,23H,1,5,8-13,15H2,2-4H3. The molecule has 0 N–H and O–H groups in total. The lowest BCUT2D eigenvalue weighted by atomic mass is 9.89. The van der Waals surface area contributed by atoms with Crippen LogP contribution in [-0.4, -0.2) is 42.5 Å². The van der Waals surface area contributed by atoms with Gasteiger partial charge in [0, 0.05) is 55.8 Å². The molecule has 1 unspecified atom stereocenters. The first kappa shape index (κ1) is 23.4.